The van der Waals surface area contributed by atoms with Crippen LogP contribution >= 0.6 is 0 Å². The first-order valence-corrected chi connectivity index (χ1v) is 7.96. The summed E-state index contributed by atoms with van der Waals surface area (Å²) >= 11 is 0. The standard InChI is InChI=1S/C13H22N2O2S/c1-5-10-6-7-11(15-9-10)8-12(14)13(2,3)18(4,16)17/h6-7,9,12H,5,8,14H2,1-4H3. The fourth-order valence-corrected chi connectivity index (χ4v) is 2.16. The van der Waals surface area contributed by atoms with Gasteiger partial charge in [-0.3, -0.25) is 4.98 Å². The minimum Gasteiger partial charge on any atom is -0.326 e. The number of pyridine rings is 1. The number of aryl methyl sites for hydroxylation is 1. The second-order valence-corrected chi connectivity index (χ2v) is 7.79. The highest BCUT2D eigenvalue weighted by atomic mass is 32.2. The highest BCUT2D eigenvalue weighted by Gasteiger charge is 2.36. The van der Waals surface area contributed by atoms with Gasteiger partial charge < -0.3 is 5.73 Å². The van der Waals surface area contributed by atoms with Crippen molar-refractivity contribution in [3.8, 4) is 0 Å². The summed E-state index contributed by atoms with van der Waals surface area (Å²) < 4.78 is 22.4. The van der Waals surface area contributed by atoms with E-state index in [-0.39, 0.29) is 0 Å². The maximum atomic E-state index is 11.7. The van der Waals surface area contributed by atoms with Crippen LogP contribution in [-0.2, 0) is 22.7 Å². The molecule has 1 unspecified atom stereocenters. The molecule has 0 fully saturated rings. The van der Waals surface area contributed by atoms with Gasteiger partial charge in [-0.2, -0.15) is 0 Å². The van der Waals surface area contributed by atoms with Gasteiger partial charge in [-0.05, 0) is 31.9 Å². The number of sulfone groups is 1. The summed E-state index contributed by atoms with van der Waals surface area (Å²) in [4.78, 5) is 4.31. The van der Waals surface area contributed by atoms with Crippen molar-refractivity contribution in [2.45, 2.75) is 44.4 Å². The predicted octanol–water partition coefficient (Wildman–Crippen LogP) is 1.34. The SMILES string of the molecule is CCc1ccc(CC(N)C(C)(C)S(C)(=O)=O)nc1. The molecule has 1 heterocycles. The molecule has 0 spiro atoms. The molecule has 0 bridgehead atoms. The van der Waals surface area contributed by atoms with Gasteiger partial charge in [-0.15, -0.1) is 0 Å². The van der Waals surface area contributed by atoms with Gasteiger partial charge in [0.25, 0.3) is 0 Å². The zero-order valence-electron chi connectivity index (χ0n) is 11.5. The maximum Gasteiger partial charge on any atom is 0.154 e. The molecule has 0 saturated carbocycles. The van der Waals surface area contributed by atoms with E-state index in [9.17, 15) is 8.42 Å². The van der Waals surface area contributed by atoms with Crippen molar-refractivity contribution in [3.05, 3.63) is 29.6 Å². The van der Waals surface area contributed by atoms with E-state index in [2.05, 4.69) is 11.9 Å². The number of aromatic nitrogens is 1. The predicted molar refractivity (Wildman–Crippen MR) is 74.2 cm³/mol. The first kappa shape index (κ1) is 15.1. The summed E-state index contributed by atoms with van der Waals surface area (Å²) in [6.07, 6.45) is 4.44. The molecule has 0 aliphatic heterocycles. The molecule has 0 radical (unpaired) electrons. The molecule has 0 aromatic carbocycles. The van der Waals surface area contributed by atoms with Gasteiger partial charge in [0.15, 0.2) is 9.84 Å². The van der Waals surface area contributed by atoms with Crippen LogP contribution in [0.5, 0.6) is 0 Å². The lowest BCUT2D eigenvalue weighted by Gasteiger charge is -2.29. The van der Waals surface area contributed by atoms with Crippen molar-refractivity contribution in [1.82, 2.24) is 4.98 Å². The van der Waals surface area contributed by atoms with Crippen molar-refractivity contribution in [2.24, 2.45) is 5.73 Å². The van der Waals surface area contributed by atoms with Gasteiger partial charge in [0.05, 0.1) is 4.75 Å². The normalized spacial score (nSPS) is 14.5. The molecule has 0 amide bonds. The van der Waals surface area contributed by atoms with Crippen molar-refractivity contribution in [2.75, 3.05) is 6.26 Å². The van der Waals surface area contributed by atoms with Crippen molar-refractivity contribution >= 4 is 9.84 Å². The van der Waals surface area contributed by atoms with Crippen LogP contribution in [-0.4, -0.2) is 30.4 Å². The summed E-state index contributed by atoms with van der Waals surface area (Å²) in [6.45, 7) is 5.38. The molecule has 0 saturated heterocycles. The average Bonchev–Trinajstić information content (AvgIpc) is 2.28. The lowest BCUT2D eigenvalue weighted by molar-refractivity contribution is 0.479. The summed E-state index contributed by atoms with van der Waals surface area (Å²) in [5.41, 5.74) is 8.01. The third-order valence-electron chi connectivity index (χ3n) is 3.57. The zero-order chi connectivity index (χ0) is 14.0. The molecule has 1 aromatic rings. The highest BCUT2D eigenvalue weighted by molar-refractivity contribution is 7.92. The first-order valence-electron chi connectivity index (χ1n) is 6.07. The van der Waals surface area contributed by atoms with Gasteiger partial charge in [0, 0.05) is 30.6 Å². The molecular weight excluding hydrogens is 248 g/mol. The van der Waals surface area contributed by atoms with Crippen LogP contribution in [0.15, 0.2) is 18.3 Å². The number of hydrogen-bond acceptors (Lipinski definition) is 4. The lowest BCUT2D eigenvalue weighted by Crippen LogP contribution is -2.50. The van der Waals surface area contributed by atoms with Crippen LogP contribution in [0.25, 0.3) is 0 Å². The second-order valence-electron chi connectivity index (χ2n) is 5.20. The van der Waals surface area contributed by atoms with Gasteiger partial charge in [-0.1, -0.05) is 13.0 Å². The van der Waals surface area contributed by atoms with Crippen LogP contribution in [0.2, 0.25) is 0 Å². The Morgan fingerprint density at radius 1 is 1.39 bits per heavy atom. The van der Waals surface area contributed by atoms with E-state index in [0.29, 0.717) is 6.42 Å². The molecule has 0 aliphatic rings. The third kappa shape index (κ3) is 3.29. The van der Waals surface area contributed by atoms with Crippen LogP contribution in [0, 0.1) is 0 Å². The fraction of sp³-hybridized carbons (Fsp3) is 0.615. The third-order valence-corrected chi connectivity index (χ3v) is 5.79. The van der Waals surface area contributed by atoms with E-state index in [1.165, 1.54) is 6.26 Å². The Hall–Kier alpha value is -0.940. The van der Waals surface area contributed by atoms with E-state index in [1.807, 2.05) is 18.3 Å². The van der Waals surface area contributed by atoms with Crippen LogP contribution in [0.4, 0.5) is 0 Å². The monoisotopic (exact) mass is 270 g/mol. The number of nitrogens with zero attached hydrogens (tertiary/aromatic N) is 1. The first-order chi connectivity index (χ1) is 8.18. The number of nitrogens with two attached hydrogens (primary N) is 1. The maximum absolute atomic E-state index is 11.7. The Labute approximate surface area is 110 Å². The molecule has 18 heavy (non-hydrogen) atoms. The van der Waals surface area contributed by atoms with Gasteiger partial charge in [-0.25, -0.2) is 8.42 Å². The Balaban J connectivity index is 2.84. The van der Waals surface area contributed by atoms with Crippen LogP contribution in [0.3, 0.4) is 0 Å². The quantitative estimate of drug-likeness (QED) is 0.876. The summed E-state index contributed by atoms with van der Waals surface area (Å²) in [6, 6.07) is 3.45. The smallest absolute Gasteiger partial charge is 0.154 e. The molecule has 5 heteroatoms. The lowest BCUT2D eigenvalue weighted by atomic mass is 9.99. The van der Waals surface area contributed by atoms with Crippen molar-refractivity contribution in [3.63, 3.8) is 0 Å². The molecule has 2 N–H and O–H groups in total. The Bertz CT molecular complexity index is 492. The molecule has 1 aromatic heterocycles. The van der Waals surface area contributed by atoms with E-state index >= 15 is 0 Å². The molecular formula is C13H22N2O2S. The summed E-state index contributed by atoms with van der Waals surface area (Å²) in [7, 11) is -3.19. The average molecular weight is 270 g/mol. The van der Waals surface area contributed by atoms with E-state index < -0.39 is 20.6 Å². The van der Waals surface area contributed by atoms with Gasteiger partial charge >= 0.3 is 0 Å². The van der Waals surface area contributed by atoms with E-state index in [1.54, 1.807) is 13.8 Å². The minimum absolute atomic E-state index is 0.462. The molecule has 0 aliphatic carbocycles. The molecule has 1 atom stereocenters. The fourth-order valence-electron chi connectivity index (χ4n) is 1.53. The molecule has 1 rings (SSSR count). The topological polar surface area (TPSA) is 73.1 Å². The van der Waals surface area contributed by atoms with Crippen molar-refractivity contribution < 1.29 is 8.42 Å². The summed E-state index contributed by atoms with van der Waals surface area (Å²) in [5, 5.41) is 0. The van der Waals surface area contributed by atoms with E-state index in [4.69, 9.17) is 5.73 Å². The number of rotatable bonds is 5. The molecule has 4 nitrogen and oxygen atoms in total. The number of hydrogen-bond donors (Lipinski definition) is 1. The van der Waals surface area contributed by atoms with Crippen molar-refractivity contribution in [1.29, 1.82) is 0 Å². The summed E-state index contributed by atoms with van der Waals surface area (Å²) in [5.74, 6) is 0. The molecule has 102 valence electrons. The van der Waals surface area contributed by atoms with Gasteiger partial charge in [0.2, 0.25) is 0 Å². The Morgan fingerprint density at radius 3 is 2.39 bits per heavy atom. The second kappa shape index (κ2) is 5.36. The minimum atomic E-state index is -3.19. The van der Waals surface area contributed by atoms with Crippen LogP contribution < -0.4 is 5.73 Å². The Morgan fingerprint density at radius 2 is 2.00 bits per heavy atom. The Kier molecular flexibility index (Phi) is 4.50. The van der Waals surface area contributed by atoms with Crippen LogP contribution in [0.1, 0.15) is 32.0 Å². The van der Waals surface area contributed by atoms with E-state index in [0.717, 1.165) is 17.7 Å². The zero-order valence-corrected chi connectivity index (χ0v) is 12.3. The largest absolute Gasteiger partial charge is 0.326 e. The van der Waals surface area contributed by atoms with Gasteiger partial charge in [0.1, 0.15) is 0 Å². The highest BCUT2D eigenvalue weighted by Crippen LogP contribution is 2.21.